The van der Waals surface area contributed by atoms with E-state index in [1.165, 1.54) is 24.0 Å². The standard InChI is InChI=1S/C19H25NO/c1-2-3-7-14-21-15-19(20)18-12-10-17(11-13-18)16-8-5-4-6-9-16/h4-6,8-13,19H,2-3,7,14-15,20H2,1H3. The lowest BCUT2D eigenvalue weighted by atomic mass is 10.0. The summed E-state index contributed by atoms with van der Waals surface area (Å²) in [6, 6.07) is 18.8. The Morgan fingerprint density at radius 3 is 2.24 bits per heavy atom. The minimum atomic E-state index is -0.0450. The molecule has 2 N–H and O–H groups in total. The van der Waals surface area contributed by atoms with Crippen LogP contribution in [0.3, 0.4) is 0 Å². The molecule has 0 saturated heterocycles. The van der Waals surface area contributed by atoms with Gasteiger partial charge in [0, 0.05) is 6.61 Å². The predicted molar refractivity (Wildman–Crippen MR) is 89.2 cm³/mol. The molecule has 0 spiro atoms. The average molecular weight is 283 g/mol. The smallest absolute Gasteiger partial charge is 0.0659 e. The Kier molecular flexibility index (Phi) is 6.45. The first-order valence-electron chi connectivity index (χ1n) is 7.80. The number of nitrogens with two attached hydrogens (primary N) is 1. The molecule has 2 heteroatoms. The van der Waals surface area contributed by atoms with Gasteiger partial charge in [0.25, 0.3) is 0 Å². The van der Waals surface area contributed by atoms with Gasteiger partial charge in [0.1, 0.15) is 0 Å². The normalized spacial score (nSPS) is 12.3. The number of hydrogen-bond donors (Lipinski definition) is 1. The first-order chi connectivity index (χ1) is 10.3. The molecule has 2 aromatic rings. The maximum Gasteiger partial charge on any atom is 0.0659 e. The molecule has 0 fully saturated rings. The van der Waals surface area contributed by atoms with Crippen molar-refractivity contribution in [2.45, 2.75) is 32.2 Å². The third-order valence-corrected chi connectivity index (χ3v) is 3.64. The van der Waals surface area contributed by atoms with Crippen molar-refractivity contribution >= 4 is 0 Å². The van der Waals surface area contributed by atoms with Gasteiger partial charge in [-0.25, -0.2) is 0 Å². The van der Waals surface area contributed by atoms with Gasteiger partial charge in [0.15, 0.2) is 0 Å². The van der Waals surface area contributed by atoms with Crippen LogP contribution in [0, 0.1) is 0 Å². The van der Waals surface area contributed by atoms with Gasteiger partial charge in [-0.05, 0) is 23.1 Å². The largest absolute Gasteiger partial charge is 0.379 e. The van der Waals surface area contributed by atoms with Crippen molar-refractivity contribution in [1.29, 1.82) is 0 Å². The Morgan fingerprint density at radius 1 is 0.905 bits per heavy atom. The molecule has 0 aliphatic heterocycles. The van der Waals surface area contributed by atoms with Crippen molar-refractivity contribution < 1.29 is 4.74 Å². The Morgan fingerprint density at radius 2 is 1.57 bits per heavy atom. The first kappa shape index (κ1) is 15.7. The fourth-order valence-corrected chi connectivity index (χ4v) is 2.31. The quantitative estimate of drug-likeness (QED) is 0.721. The van der Waals surface area contributed by atoms with E-state index in [1.54, 1.807) is 0 Å². The number of hydrogen-bond acceptors (Lipinski definition) is 2. The van der Waals surface area contributed by atoms with Crippen molar-refractivity contribution in [2.75, 3.05) is 13.2 Å². The Hall–Kier alpha value is -1.64. The zero-order chi connectivity index (χ0) is 14.9. The minimum Gasteiger partial charge on any atom is -0.379 e. The van der Waals surface area contributed by atoms with Crippen LogP contribution in [0.25, 0.3) is 11.1 Å². The van der Waals surface area contributed by atoms with Crippen molar-refractivity contribution in [1.82, 2.24) is 0 Å². The lowest BCUT2D eigenvalue weighted by molar-refractivity contribution is 0.117. The summed E-state index contributed by atoms with van der Waals surface area (Å²) >= 11 is 0. The summed E-state index contributed by atoms with van der Waals surface area (Å²) in [6.07, 6.45) is 3.56. The number of benzene rings is 2. The average Bonchev–Trinajstić information content (AvgIpc) is 2.55. The molecule has 0 aliphatic carbocycles. The number of unbranched alkanes of at least 4 members (excludes halogenated alkanes) is 2. The monoisotopic (exact) mass is 283 g/mol. The van der Waals surface area contributed by atoms with E-state index in [2.05, 4.69) is 55.5 Å². The van der Waals surface area contributed by atoms with Crippen LogP contribution in [0.15, 0.2) is 54.6 Å². The van der Waals surface area contributed by atoms with Crippen molar-refractivity contribution in [3.63, 3.8) is 0 Å². The van der Waals surface area contributed by atoms with E-state index in [-0.39, 0.29) is 6.04 Å². The Labute approximate surface area is 127 Å². The second-order valence-electron chi connectivity index (χ2n) is 5.38. The molecule has 2 aromatic carbocycles. The van der Waals surface area contributed by atoms with Crippen LogP contribution < -0.4 is 5.73 Å². The van der Waals surface area contributed by atoms with E-state index < -0.39 is 0 Å². The summed E-state index contributed by atoms with van der Waals surface area (Å²) < 4.78 is 5.64. The topological polar surface area (TPSA) is 35.2 Å². The maximum atomic E-state index is 6.17. The van der Waals surface area contributed by atoms with Crippen molar-refractivity contribution in [3.05, 3.63) is 60.2 Å². The molecular weight excluding hydrogens is 258 g/mol. The van der Waals surface area contributed by atoms with Crippen LogP contribution in [0.5, 0.6) is 0 Å². The highest BCUT2D eigenvalue weighted by atomic mass is 16.5. The van der Waals surface area contributed by atoms with Crippen LogP contribution in [0.1, 0.15) is 37.8 Å². The van der Waals surface area contributed by atoms with Crippen LogP contribution in [-0.2, 0) is 4.74 Å². The summed E-state index contributed by atoms with van der Waals surface area (Å²) in [5.41, 5.74) is 9.75. The third kappa shape index (κ3) is 5.00. The fraction of sp³-hybridized carbons (Fsp3) is 0.368. The molecule has 0 aromatic heterocycles. The second-order valence-corrected chi connectivity index (χ2v) is 5.38. The van der Waals surface area contributed by atoms with Gasteiger partial charge in [-0.2, -0.15) is 0 Å². The Balaban J connectivity index is 1.87. The molecule has 0 heterocycles. The Bertz CT molecular complexity index is 507. The molecule has 0 bridgehead atoms. The van der Waals surface area contributed by atoms with Gasteiger partial charge in [0.2, 0.25) is 0 Å². The lowest BCUT2D eigenvalue weighted by Gasteiger charge is -2.13. The van der Waals surface area contributed by atoms with E-state index in [0.717, 1.165) is 18.6 Å². The lowest BCUT2D eigenvalue weighted by Crippen LogP contribution is -2.17. The predicted octanol–water partition coefficient (Wildman–Crippen LogP) is 4.56. The molecule has 0 amide bonds. The van der Waals surface area contributed by atoms with Gasteiger partial charge in [-0.3, -0.25) is 0 Å². The van der Waals surface area contributed by atoms with E-state index in [9.17, 15) is 0 Å². The zero-order valence-electron chi connectivity index (χ0n) is 12.8. The van der Waals surface area contributed by atoms with Crippen LogP contribution in [-0.4, -0.2) is 13.2 Å². The summed E-state index contributed by atoms with van der Waals surface area (Å²) in [4.78, 5) is 0. The first-order valence-corrected chi connectivity index (χ1v) is 7.80. The van der Waals surface area contributed by atoms with E-state index in [1.807, 2.05) is 6.07 Å². The molecular formula is C19H25NO. The highest BCUT2D eigenvalue weighted by Crippen LogP contribution is 2.21. The van der Waals surface area contributed by atoms with Crippen LogP contribution in [0.4, 0.5) is 0 Å². The van der Waals surface area contributed by atoms with E-state index >= 15 is 0 Å². The molecule has 0 radical (unpaired) electrons. The zero-order valence-corrected chi connectivity index (χ0v) is 12.8. The molecule has 21 heavy (non-hydrogen) atoms. The van der Waals surface area contributed by atoms with Gasteiger partial charge < -0.3 is 10.5 Å². The maximum absolute atomic E-state index is 6.17. The van der Waals surface area contributed by atoms with Crippen LogP contribution in [0.2, 0.25) is 0 Å². The summed E-state index contributed by atoms with van der Waals surface area (Å²) in [5.74, 6) is 0. The second kappa shape index (κ2) is 8.60. The highest BCUT2D eigenvalue weighted by molar-refractivity contribution is 5.63. The van der Waals surface area contributed by atoms with Crippen LogP contribution >= 0.6 is 0 Å². The summed E-state index contributed by atoms with van der Waals surface area (Å²) in [6.45, 7) is 3.60. The molecule has 2 nitrogen and oxygen atoms in total. The molecule has 0 saturated carbocycles. The van der Waals surface area contributed by atoms with Gasteiger partial charge in [0.05, 0.1) is 12.6 Å². The van der Waals surface area contributed by atoms with Gasteiger partial charge in [-0.1, -0.05) is 74.4 Å². The number of ether oxygens (including phenoxy) is 1. The van der Waals surface area contributed by atoms with Crippen molar-refractivity contribution in [2.24, 2.45) is 5.73 Å². The molecule has 1 atom stereocenters. The van der Waals surface area contributed by atoms with Crippen molar-refractivity contribution in [3.8, 4) is 11.1 Å². The number of rotatable bonds is 8. The van der Waals surface area contributed by atoms with E-state index in [4.69, 9.17) is 10.5 Å². The third-order valence-electron chi connectivity index (χ3n) is 3.64. The molecule has 1 unspecified atom stereocenters. The minimum absolute atomic E-state index is 0.0450. The van der Waals surface area contributed by atoms with Gasteiger partial charge >= 0.3 is 0 Å². The fourth-order valence-electron chi connectivity index (χ4n) is 2.31. The molecule has 112 valence electrons. The summed E-state index contributed by atoms with van der Waals surface area (Å²) in [7, 11) is 0. The van der Waals surface area contributed by atoms with Gasteiger partial charge in [-0.15, -0.1) is 0 Å². The highest BCUT2D eigenvalue weighted by Gasteiger charge is 2.06. The molecule has 0 aliphatic rings. The van der Waals surface area contributed by atoms with E-state index in [0.29, 0.717) is 6.61 Å². The SMILES string of the molecule is CCCCCOCC(N)c1ccc(-c2ccccc2)cc1. The molecule has 2 rings (SSSR count). The summed E-state index contributed by atoms with van der Waals surface area (Å²) in [5, 5.41) is 0.